The summed E-state index contributed by atoms with van der Waals surface area (Å²) in [6.45, 7) is 5.41. The van der Waals surface area contributed by atoms with Crippen LogP contribution < -0.4 is 5.32 Å². The number of benzene rings is 1. The molecule has 28 heavy (non-hydrogen) atoms. The van der Waals surface area contributed by atoms with Crippen molar-refractivity contribution in [3.8, 4) is 0 Å². The molecule has 2 aromatic rings. The first-order chi connectivity index (χ1) is 13.8. The van der Waals surface area contributed by atoms with Crippen LogP contribution in [0.15, 0.2) is 48.8 Å². The molecular weight excluding hydrogens is 348 g/mol. The first-order valence-electron chi connectivity index (χ1n) is 10.5. The van der Waals surface area contributed by atoms with E-state index >= 15 is 0 Å². The van der Waals surface area contributed by atoms with Crippen LogP contribution in [0, 0.1) is 0 Å². The van der Waals surface area contributed by atoms with E-state index < -0.39 is 0 Å². The summed E-state index contributed by atoms with van der Waals surface area (Å²) in [7, 11) is 0. The van der Waals surface area contributed by atoms with E-state index in [0.29, 0.717) is 12.6 Å². The molecule has 1 atom stereocenters. The van der Waals surface area contributed by atoms with E-state index in [1.54, 1.807) is 0 Å². The number of amides is 1. The SMILES string of the molecule is O=C(CN1CCc2ccccc2C1)NC1CCCN(Cc2cccnc2)CC1. The summed E-state index contributed by atoms with van der Waals surface area (Å²) in [6.07, 6.45) is 8.02. The Morgan fingerprint density at radius 2 is 1.93 bits per heavy atom. The van der Waals surface area contributed by atoms with E-state index in [9.17, 15) is 4.79 Å². The van der Waals surface area contributed by atoms with Gasteiger partial charge in [-0.1, -0.05) is 30.3 Å². The number of fused-ring (bicyclic) bond motifs is 1. The molecule has 1 unspecified atom stereocenters. The third-order valence-electron chi connectivity index (χ3n) is 5.89. The Labute approximate surface area is 167 Å². The van der Waals surface area contributed by atoms with Gasteiger partial charge in [-0.3, -0.25) is 19.6 Å². The number of nitrogens with zero attached hydrogens (tertiary/aromatic N) is 3. The third-order valence-corrected chi connectivity index (χ3v) is 5.89. The van der Waals surface area contributed by atoms with Crippen LogP contribution in [0.5, 0.6) is 0 Å². The molecule has 2 aliphatic rings. The molecule has 148 valence electrons. The second-order valence-electron chi connectivity index (χ2n) is 8.06. The zero-order valence-corrected chi connectivity index (χ0v) is 16.5. The molecule has 0 aliphatic carbocycles. The van der Waals surface area contributed by atoms with Gasteiger partial charge in [0.05, 0.1) is 6.54 Å². The number of nitrogens with one attached hydrogen (secondary N) is 1. The lowest BCUT2D eigenvalue weighted by Crippen LogP contribution is -2.43. The van der Waals surface area contributed by atoms with Gasteiger partial charge in [-0.2, -0.15) is 0 Å². The lowest BCUT2D eigenvalue weighted by atomic mass is 10.00. The predicted octanol–water partition coefficient (Wildman–Crippen LogP) is 2.61. The van der Waals surface area contributed by atoms with Gasteiger partial charge >= 0.3 is 0 Å². The molecule has 0 saturated carbocycles. The highest BCUT2D eigenvalue weighted by Gasteiger charge is 2.22. The number of carbonyl (C=O) groups excluding carboxylic acids is 1. The Hall–Kier alpha value is -2.24. The van der Waals surface area contributed by atoms with E-state index in [4.69, 9.17) is 0 Å². The van der Waals surface area contributed by atoms with Gasteiger partial charge in [-0.15, -0.1) is 0 Å². The molecule has 2 aliphatic heterocycles. The summed E-state index contributed by atoms with van der Waals surface area (Å²) < 4.78 is 0. The van der Waals surface area contributed by atoms with Crippen molar-refractivity contribution in [1.82, 2.24) is 20.1 Å². The third kappa shape index (κ3) is 5.18. The molecule has 0 radical (unpaired) electrons. The number of rotatable bonds is 5. The Balaban J connectivity index is 1.23. The van der Waals surface area contributed by atoms with Crippen molar-refractivity contribution in [2.75, 3.05) is 26.2 Å². The summed E-state index contributed by atoms with van der Waals surface area (Å²) in [5.74, 6) is 0.171. The summed E-state index contributed by atoms with van der Waals surface area (Å²) in [6, 6.07) is 13.0. The van der Waals surface area contributed by atoms with Gasteiger partial charge in [-0.05, 0) is 55.0 Å². The Morgan fingerprint density at radius 1 is 1.04 bits per heavy atom. The Morgan fingerprint density at radius 3 is 2.79 bits per heavy atom. The summed E-state index contributed by atoms with van der Waals surface area (Å²) in [4.78, 5) is 21.6. The van der Waals surface area contributed by atoms with Crippen molar-refractivity contribution in [1.29, 1.82) is 0 Å². The standard InChI is InChI=1S/C23H30N4O/c28-23(18-27-13-9-20-6-1-2-7-21(20)17-27)25-22-8-4-12-26(14-10-22)16-19-5-3-11-24-15-19/h1-3,5-7,11,15,22H,4,8-10,12-14,16-18H2,(H,25,28). The minimum absolute atomic E-state index is 0.171. The molecule has 3 heterocycles. The van der Waals surface area contributed by atoms with Crippen LogP contribution in [-0.2, 0) is 24.3 Å². The van der Waals surface area contributed by atoms with E-state index in [1.807, 2.05) is 18.5 Å². The van der Waals surface area contributed by atoms with E-state index in [2.05, 4.69) is 50.4 Å². The van der Waals surface area contributed by atoms with Crippen LogP contribution in [0.3, 0.4) is 0 Å². The molecule has 1 aromatic carbocycles. The molecule has 4 rings (SSSR count). The molecule has 0 spiro atoms. The van der Waals surface area contributed by atoms with Crippen LogP contribution in [0.4, 0.5) is 0 Å². The lowest BCUT2D eigenvalue weighted by molar-refractivity contribution is -0.123. The minimum atomic E-state index is 0.171. The van der Waals surface area contributed by atoms with Crippen LogP contribution in [0.2, 0.25) is 0 Å². The zero-order chi connectivity index (χ0) is 19.2. The minimum Gasteiger partial charge on any atom is -0.352 e. The number of carbonyl (C=O) groups is 1. The molecule has 1 amide bonds. The average Bonchev–Trinajstić information content (AvgIpc) is 2.93. The number of hydrogen-bond acceptors (Lipinski definition) is 4. The quantitative estimate of drug-likeness (QED) is 0.869. The van der Waals surface area contributed by atoms with Crippen LogP contribution in [0.25, 0.3) is 0 Å². The Bertz CT molecular complexity index is 779. The fourth-order valence-electron chi connectivity index (χ4n) is 4.37. The summed E-state index contributed by atoms with van der Waals surface area (Å²) >= 11 is 0. The van der Waals surface area contributed by atoms with Gasteiger partial charge in [0.15, 0.2) is 0 Å². The number of hydrogen-bond donors (Lipinski definition) is 1. The molecule has 5 nitrogen and oxygen atoms in total. The van der Waals surface area contributed by atoms with Crippen LogP contribution in [0.1, 0.15) is 36.0 Å². The van der Waals surface area contributed by atoms with Gasteiger partial charge < -0.3 is 5.32 Å². The van der Waals surface area contributed by atoms with Crippen molar-refractivity contribution in [3.63, 3.8) is 0 Å². The van der Waals surface area contributed by atoms with Crippen molar-refractivity contribution < 1.29 is 4.79 Å². The maximum absolute atomic E-state index is 12.6. The van der Waals surface area contributed by atoms with Gasteiger partial charge in [-0.25, -0.2) is 0 Å². The summed E-state index contributed by atoms with van der Waals surface area (Å²) in [5, 5.41) is 3.29. The largest absolute Gasteiger partial charge is 0.352 e. The molecule has 5 heteroatoms. The fraction of sp³-hybridized carbons (Fsp3) is 0.478. The maximum atomic E-state index is 12.6. The molecule has 1 fully saturated rings. The van der Waals surface area contributed by atoms with Crippen LogP contribution >= 0.6 is 0 Å². The second-order valence-corrected chi connectivity index (χ2v) is 8.06. The van der Waals surface area contributed by atoms with Crippen molar-refractivity contribution in [3.05, 3.63) is 65.5 Å². The van der Waals surface area contributed by atoms with Gasteiger partial charge in [0.2, 0.25) is 5.91 Å². The predicted molar refractivity (Wildman–Crippen MR) is 111 cm³/mol. The fourth-order valence-corrected chi connectivity index (χ4v) is 4.37. The van der Waals surface area contributed by atoms with Gasteiger partial charge in [0, 0.05) is 44.6 Å². The monoisotopic (exact) mass is 378 g/mol. The molecule has 1 aromatic heterocycles. The average molecular weight is 379 g/mol. The van der Waals surface area contributed by atoms with Crippen molar-refractivity contribution in [2.45, 2.75) is 44.8 Å². The van der Waals surface area contributed by atoms with Gasteiger partial charge in [0.25, 0.3) is 0 Å². The maximum Gasteiger partial charge on any atom is 0.234 e. The highest BCUT2D eigenvalue weighted by molar-refractivity contribution is 5.78. The van der Waals surface area contributed by atoms with E-state index in [1.165, 1.54) is 16.7 Å². The zero-order valence-electron chi connectivity index (χ0n) is 16.5. The second kappa shape index (κ2) is 9.30. The Kier molecular flexibility index (Phi) is 6.34. The normalized spacial score (nSPS) is 20.9. The summed E-state index contributed by atoms with van der Waals surface area (Å²) in [5.41, 5.74) is 4.05. The van der Waals surface area contributed by atoms with Crippen molar-refractivity contribution in [2.24, 2.45) is 0 Å². The number of aromatic nitrogens is 1. The number of pyridine rings is 1. The highest BCUT2D eigenvalue weighted by Crippen LogP contribution is 2.18. The highest BCUT2D eigenvalue weighted by atomic mass is 16.2. The smallest absolute Gasteiger partial charge is 0.234 e. The molecule has 0 bridgehead atoms. The van der Waals surface area contributed by atoms with E-state index in [0.717, 1.165) is 58.4 Å². The first-order valence-corrected chi connectivity index (χ1v) is 10.5. The van der Waals surface area contributed by atoms with Crippen LogP contribution in [-0.4, -0.2) is 52.9 Å². The van der Waals surface area contributed by atoms with Crippen molar-refractivity contribution >= 4 is 5.91 Å². The topological polar surface area (TPSA) is 48.5 Å². The lowest BCUT2D eigenvalue weighted by Gasteiger charge is -2.28. The molecular formula is C23H30N4O. The van der Waals surface area contributed by atoms with E-state index in [-0.39, 0.29) is 5.91 Å². The first kappa shape index (κ1) is 19.1. The number of likely N-dealkylation sites (tertiary alicyclic amines) is 1. The molecule has 1 saturated heterocycles. The van der Waals surface area contributed by atoms with Gasteiger partial charge in [0.1, 0.15) is 0 Å². The molecule has 1 N–H and O–H groups in total.